The van der Waals surface area contributed by atoms with Crippen molar-refractivity contribution in [2.24, 2.45) is 5.92 Å². The molecule has 1 aliphatic rings. The van der Waals surface area contributed by atoms with Crippen molar-refractivity contribution >= 4 is 44.2 Å². The Morgan fingerprint density at radius 1 is 1.07 bits per heavy atom. The Balaban J connectivity index is 1.36. The number of hydrogen-bond donors (Lipinski definition) is 1. The number of carbonyl (C=O) groups is 1. The molecule has 0 radical (unpaired) electrons. The Bertz CT molecular complexity index is 1860. The first-order chi connectivity index (χ1) is 19.7. The van der Waals surface area contributed by atoms with Crippen molar-refractivity contribution in [2.75, 3.05) is 18.5 Å². The molecule has 0 bridgehead atoms. The summed E-state index contributed by atoms with van der Waals surface area (Å²) in [4.78, 5) is 21.2. The normalized spacial score (nSPS) is 15.3. The molecule has 12 nitrogen and oxygen atoms in total. The fraction of sp³-hybridized carbons (Fsp3) is 0.321. The quantitative estimate of drug-likeness (QED) is 0.282. The topological polar surface area (TPSA) is 143 Å². The van der Waals surface area contributed by atoms with Crippen molar-refractivity contribution in [3.63, 3.8) is 0 Å². The Labute approximate surface area is 236 Å². The third-order valence-corrected chi connectivity index (χ3v) is 8.76. The third-order valence-electron chi connectivity index (χ3n) is 7.16. The highest BCUT2D eigenvalue weighted by atomic mass is 32.2. The van der Waals surface area contributed by atoms with Gasteiger partial charge >= 0.3 is 5.97 Å². The molecular weight excluding hydrogens is 546 g/mol. The number of rotatable bonds is 7. The second kappa shape index (κ2) is 10.6. The van der Waals surface area contributed by atoms with Crippen LogP contribution in [-0.4, -0.2) is 56.4 Å². The van der Waals surface area contributed by atoms with E-state index in [4.69, 9.17) is 9.47 Å². The zero-order chi connectivity index (χ0) is 28.7. The van der Waals surface area contributed by atoms with E-state index in [1.165, 1.54) is 6.92 Å². The summed E-state index contributed by atoms with van der Waals surface area (Å²) in [7, 11) is -3.92. The van der Waals surface area contributed by atoms with Crippen LogP contribution in [0.4, 0.5) is 11.6 Å². The van der Waals surface area contributed by atoms with E-state index < -0.39 is 22.1 Å². The molecular formula is C28H29N7O5S. The van der Waals surface area contributed by atoms with Crippen LogP contribution in [-0.2, 0) is 24.3 Å². The molecule has 0 aliphatic carbocycles. The van der Waals surface area contributed by atoms with Gasteiger partial charge in [0.05, 0.1) is 16.1 Å². The zero-order valence-corrected chi connectivity index (χ0v) is 23.6. The summed E-state index contributed by atoms with van der Waals surface area (Å²) in [6.45, 7) is 6.21. The van der Waals surface area contributed by atoms with Gasteiger partial charge in [0, 0.05) is 49.4 Å². The zero-order valence-electron chi connectivity index (χ0n) is 22.8. The average molecular weight is 576 g/mol. The minimum absolute atomic E-state index is 0.0350. The highest BCUT2D eigenvalue weighted by molar-refractivity contribution is 7.90. The number of ether oxygens (including phenoxy) is 2. The van der Waals surface area contributed by atoms with Crippen LogP contribution in [0, 0.1) is 19.8 Å². The van der Waals surface area contributed by atoms with Crippen LogP contribution in [0.3, 0.4) is 0 Å². The van der Waals surface area contributed by atoms with Gasteiger partial charge in [-0.1, -0.05) is 17.7 Å². The molecule has 5 aromatic rings. The fourth-order valence-electron chi connectivity index (χ4n) is 5.08. The molecule has 1 fully saturated rings. The lowest BCUT2D eigenvalue weighted by molar-refractivity contribution is -0.152. The van der Waals surface area contributed by atoms with Crippen LogP contribution in [0.15, 0.2) is 59.6 Å². The van der Waals surface area contributed by atoms with Gasteiger partial charge in [0.1, 0.15) is 0 Å². The highest BCUT2D eigenvalue weighted by Crippen LogP contribution is 2.33. The van der Waals surface area contributed by atoms with Crippen molar-refractivity contribution in [3.8, 4) is 0 Å². The van der Waals surface area contributed by atoms with Gasteiger partial charge in [0.15, 0.2) is 17.6 Å². The predicted octanol–water partition coefficient (Wildman–Crippen LogP) is 4.10. The number of carbonyl (C=O) groups excluding carboxylic acids is 1. The first-order valence-electron chi connectivity index (χ1n) is 13.3. The molecule has 4 heterocycles. The van der Waals surface area contributed by atoms with E-state index in [-0.39, 0.29) is 16.8 Å². The van der Waals surface area contributed by atoms with Crippen molar-refractivity contribution < 1.29 is 22.7 Å². The number of nitrogens with zero attached hydrogens (tertiary/aromatic N) is 6. The van der Waals surface area contributed by atoms with Crippen molar-refractivity contribution in [2.45, 2.75) is 44.6 Å². The van der Waals surface area contributed by atoms with Gasteiger partial charge in [-0.15, -0.1) is 5.10 Å². The Kier molecular flexibility index (Phi) is 6.91. The minimum atomic E-state index is -3.92. The number of esters is 1. The molecule has 2 aromatic carbocycles. The summed E-state index contributed by atoms with van der Waals surface area (Å²) >= 11 is 0. The second-order valence-corrected chi connectivity index (χ2v) is 11.9. The molecule has 6 rings (SSSR count). The summed E-state index contributed by atoms with van der Waals surface area (Å²) in [5.74, 6) is 0.377. The predicted molar refractivity (Wildman–Crippen MR) is 150 cm³/mol. The fourth-order valence-corrected chi connectivity index (χ4v) is 6.40. The standard InChI is InChI=1S/C28H29N7O5S/c1-17-4-7-22(8-5-17)41(37,38)35-24-16-21(6-9-23(24)18(2)32-35)30-28-31-25-10-13-29-27(34(25)33-28)26(40-19(3)36)20-11-14-39-15-12-20/h4-10,13,16,20,26H,11-12,14-15H2,1-3H3,(H,30,33). The van der Waals surface area contributed by atoms with E-state index in [2.05, 4.69) is 25.5 Å². The molecule has 1 aliphatic heterocycles. The van der Waals surface area contributed by atoms with Crippen LogP contribution in [0.5, 0.6) is 0 Å². The van der Waals surface area contributed by atoms with Crippen LogP contribution < -0.4 is 5.32 Å². The SMILES string of the molecule is CC(=O)OC(c1nccc2nc(Nc3ccc4c(C)nn(S(=O)(=O)c5ccc(C)cc5)c4c3)nn12)C1CCOCC1. The summed E-state index contributed by atoms with van der Waals surface area (Å²) in [6.07, 6.45) is 2.47. The molecule has 13 heteroatoms. The minimum Gasteiger partial charge on any atom is -0.454 e. The van der Waals surface area contributed by atoms with Crippen molar-refractivity contribution in [1.82, 2.24) is 28.8 Å². The molecule has 3 aromatic heterocycles. The third kappa shape index (κ3) is 5.13. The number of nitrogens with one attached hydrogen (secondary N) is 1. The van der Waals surface area contributed by atoms with Crippen LogP contribution in [0.25, 0.3) is 16.6 Å². The number of anilines is 2. The van der Waals surface area contributed by atoms with E-state index >= 15 is 0 Å². The maximum absolute atomic E-state index is 13.5. The molecule has 0 amide bonds. The van der Waals surface area contributed by atoms with Crippen LogP contribution in [0.2, 0.25) is 0 Å². The Morgan fingerprint density at radius 2 is 1.83 bits per heavy atom. The van der Waals surface area contributed by atoms with Gasteiger partial charge in [-0.3, -0.25) is 4.79 Å². The summed E-state index contributed by atoms with van der Waals surface area (Å²) in [5.41, 5.74) is 3.07. The Morgan fingerprint density at radius 3 is 2.56 bits per heavy atom. The smallest absolute Gasteiger partial charge is 0.303 e. The second-order valence-electron chi connectivity index (χ2n) is 10.1. The van der Waals surface area contributed by atoms with E-state index in [1.807, 2.05) is 19.1 Å². The first-order valence-corrected chi connectivity index (χ1v) is 14.7. The highest BCUT2D eigenvalue weighted by Gasteiger charge is 2.32. The van der Waals surface area contributed by atoms with Gasteiger partial charge in [-0.05, 0) is 57.0 Å². The molecule has 1 atom stereocenters. The Hall–Kier alpha value is -4.36. The van der Waals surface area contributed by atoms with E-state index in [9.17, 15) is 13.2 Å². The van der Waals surface area contributed by atoms with Gasteiger partial charge < -0.3 is 14.8 Å². The number of benzene rings is 2. The molecule has 1 unspecified atom stereocenters. The first kappa shape index (κ1) is 26.8. The molecule has 1 N–H and O–H groups in total. The van der Waals surface area contributed by atoms with Gasteiger partial charge in [-0.25, -0.2) is 4.98 Å². The monoisotopic (exact) mass is 575 g/mol. The molecule has 212 valence electrons. The maximum atomic E-state index is 13.5. The molecule has 41 heavy (non-hydrogen) atoms. The lowest BCUT2D eigenvalue weighted by atomic mass is 9.93. The number of fused-ring (bicyclic) bond motifs is 2. The van der Waals surface area contributed by atoms with Crippen molar-refractivity contribution in [1.29, 1.82) is 0 Å². The average Bonchev–Trinajstić information content (AvgIpc) is 3.52. The number of hydrogen-bond acceptors (Lipinski definition) is 10. The van der Waals surface area contributed by atoms with E-state index in [0.717, 1.165) is 22.5 Å². The number of aryl methyl sites for hydroxylation is 2. The van der Waals surface area contributed by atoms with Crippen LogP contribution >= 0.6 is 0 Å². The largest absolute Gasteiger partial charge is 0.454 e. The summed E-state index contributed by atoms with van der Waals surface area (Å²) in [6, 6.07) is 13.7. The number of aromatic nitrogens is 6. The van der Waals surface area contributed by atoms with E-state index in [1.54, 1.807) is 54.0 Å². The molecule has 0 spiro atoms. The van der Waals surface area contributed by atoms with Gasteiger partial charge in [0.25, 0.3) is 10.0 Å². The molecule has 1 saturated heterocycles. The summed E-state index contributed by atoms with van der Waals surface area (Å²) < 4.78 is 40.8. The summed E-state index contributed by atoms with van der Waals surface area (Å²) in [5, 5.41) is 12.8. The maximum Gasteiger partial charge on any atom is 0.303 e. The van der Waals surface area contributed by atoms with Crippen LogP contribution in [0.1, 0.15) is 43.0 Å². The van der Waals surface area contributed by atoms with E-state index in [0.29, 0.717) is 47.0 Å². The van der Waals surface area contributed by atoms with Gasteiger partial charge in [0.2, 0.25) is 5.95 Å². The lowest BCUT2D eigenvalue weighted by Gasteiger charge is -2.29. The molecule has 0 saturated carbocycles. The lowest BCUT2D eigenvalue weighted by Crippen LogP contribution is -2.27. The van der Waals surface area contributed by atoms with Gasteiger partial charge in [-0.2, -0.15) is 27.1 Å². The van der Waals surface area contributed by atoms with Crippen molar-refractivity contribution in [3.05, 3.63) is 71.8 Å².